The third kappa shape index (κ3) is 5.08. The number of hydrogen-bond acceptors (Lipinski definition) is 5. The van der Waals surface area contributed by atoms with Gasteiger partial charge in [0.2, 0.25) is 5.91 Å². The molecule has 8 heteroatoms. The fourth-order valence-electron chi connectivity index (χ4n) is 2.62. The van der Waals surface area contributed by atoms with Crippen LogP contribution < -0.4 is 16.0 Å². The molecule has 1 aliphatic heterocycles. The molecule has 0 aliphatic carbocycles. The largest absolute Gasteiger partial charge is 0.378 e. The highest BCUT2D eigenvalue weighted by atomic mass is 35.5. The van der Waals surface area contributed by atoms with Gasteiger partial charge >= 0.3 is 0 Å². The van der Waals surface area contributed by atoms with Crippen LogP contribution in [0.3, 0.4) is 0 Å². The summed E-state index contributed by atoms with van der Waals surface area (Å²) in [6, 6.07) is 13.1. The lowest BCUT2D eigenvalue weighted by atomic mass is 9.92. The number of morpholine rings is 1. The van der Waals surface area contributed by atoms with Gasteiger partial charge in [0.05, 0.1) is 25.1 Å². The van der Waals surface area contributed by atoms with Crippen LogP contribution in [-0.2, 0) is 15.1 Å². The summed E-state index contributed by atoms with van der Waals surface area (Å²) in [6.07, 6.45) is 1.66. The maximum Gasteiger partial charge on any atom is 0.248 e. The smallest absolute Gasteiger partial charge is 0.248 e. The summed E-state index contributed by atoms with van der Waals surface area (Å²) >= 11 is 0. The summed E-state index contributed by atoms with van der Waals surface area (Å²) in [5, 5.41) is 2.84. The lowest BCUT2D eigenvalue weighted by Gasteiger charge is -2.28. The third-order valence-corrected chi connectivity index (χ3v) is 4.19. The molecule has 6 nitrogen and oxygen atoms in total. The Hall–Kier alpha value is -1.86. The number of ether oxygens (including phenoxy) is 1. The van der Waals surface area contributed by atoms with E-state index in [0.29, 0.717) is 18.9 Å². The molecule has 1 fully saturated rings. The van der Waals surface area contributed by atoms with Crippen molar-refractivity contribution in [2.75, 3.05) is 36.5 Å². The maximum absolute atomic E-state index is 12.5. The first kappa shape index (κ1) is 22.2. The number of nitrogens with one attached hydrogen (secondary N) is 1. The number of aromatic nitrogens is 1. The van der Waals surface area contributed by atoms with Crippen LogP contribution in [-0.4, -0.2) is 37.2 Å². The van der Waals surface area contributed by atoms with Crippen molar-refractivity contribution in [3.05, 3.63) is 54.2 Å². The van der Waals surface area contributed by atoms with E-state index in [1.54, 1.807) is 13.1 Å². The molecule has 1 unspecified atom stereocenters. The summed E-state index contributed by atoms with van der Waals surface area (Å²) in [4.78, 5) is 19.1. The van der Waals surface area contributed by atoms with Crippen molar-refractivity contribution in [1.29, 1.82) is 0 Å². The Morgan fingerprint density at radius 3 is 2.38 bits per heavy atom. The van der Waals surface area contributed by atoms with E-state index in [2.05, 4.69) is 15.2 Å². The zero-order valence-electron chi connectivity index (χ0n) is 14.6. The molecule has 0 bridgehead atoms. The molecule has 0 spiro atoms. The quantitative estimate of drug-likeness (QED) is 0.826. The summed E-state index contributed by atoms with van der Waals surface area (Å²) < 4.78 is 5.34. The van der Waals surface area contributed by atoms with Gasteiger partial charge in [-0.3, -0.25) is 4.79 Å². The monoisotopic (exact) mass is 398 g/mol. The number of carbonyl (C=O) groups excluding carboxylic acids is 1. The maximum atomic E-state index is 12.5. The molecule has 3 rings (SSSR count). The van der Waals surface area contributed by atoms with E-state index in [-0.39, 0.29) is 30.7 Å². The Labute approximate surface area is 165 Å². The molecule has 1 aromatic carbocycles. The van der Waals surface area contributed by atoms with Gasteiger partial charge in [0.15, 0.2) is 0 Å². The predicted octanol–water partition coefficient (Wildman–Crippen LogP) is 2.57. The highest BCUT2D eigenvalue weighted by Crippen LogP contribution is 2.21. The van der Waals surface area contributed by atoms with Crippen LogP contribution in [0, 0.1) is 0 Å². The number of rotatable bonds is 4. The lowest BCUT2D eigenvalue weighted by Crippen LogP contribution is -2.45. The van der Waals surface area contributed by atoms with E-state index in [4.69, 9.17) is 10.5 Å². The molecule has 0 radical (unpaired) electrons. The second-order valence-electron chi connectivity index (χ2n) is 6.03. The summed E-state index contributed by atoms with van der Waals surface area (Å²) in [5.74, 6) is 0.615. The predicted molar refractivity (Wildman–Crippen MR) is 108 cm³/mol. The van der Waals surface area contributed by atoms with Gasteiger partial charge in [-0.1, -0.05) is 30.3 Å². The van der Waals surface area contributed by atoms with Gasteiger partial charge < -0.3 is 20.7 Å². The van der Waals surface area contributed by atoms with Gasteiger partial charge in [0.1, 0.15) is 11.4 Å². The number of carbonyl (C=O) groups is 1. The average molecular weight is 399 g/mol. The Bertz CT molecular complexity index is 690. The zero-order valence-corrected chi connectivity index (χ0v) is 16.2. The molecule has 142 valence electrons. The summed E-state index contributed by atoms with van der Waals surface area (Å²) in [5.41, 5.74) is 6.51. The normalized spacial score (nSPS) is 15.8. The molecule has 1 aliphatic rings. The number of anilines is 2. The number of nitrogens with two attached hydrogens (primary N) is 1. The van der Waals surface area contributed by atoms with Crippen LogP contribution in [0.2, 0.25) is 0 Å². The van der Waals surface area contributed by atoms with E-state index in [9.17, 15) is 4.79 Å². The first-order valence-electron chi connectivity index (χ1n) is 8.02. The van der Waals surface area contributed by atoms with Crippen molar-refractivity contribution in [3.8, 4) is 0 Å². The number of hydrogen-bond donors (Lipinski definition) is 2. The fourth-order valence-corrected chi connectivity index (χ4v) is 2.62. The minimum atomic E-state index is -1.11. The number of benzene rings is 1. The van der Waals surface area contributed by atoms with Crippen molar-refractivity contribution in [1.82, 2.24) is 4.98 Å². The van der Waals surface area contributed by atoms with Crippen molar-refractivity contribution >= 4 is 42.2 Å². The molecular formula is C18H24Cl2N4O2. The molecule has 2 heterocycles. The minimum Gasteiger partial charge on any atom is -0.378 e. The van der Waals surface area contributed by atoms with E-state index in [1.807, 2.05) is 42.5 Å². The van der Waals surface area contributed by atoms with E-state index >= 15 is 0 Å². The van der Waals surface area contributed by atoms with Crippen LogP contribution >= 0.6 is 24.8 Å². The second-order valence-corrected chi connectivity index (χ2v) is 6.03. The van der Waals surface area contributed by atoms with Gasteiger partial charge in [-0.05, 0) is 24.6 Å². The van der Waals surface area contributed by atoms with Crippen LogP contribution in [0.1, 0.15) is 12.5 Å². The summed E-state index contributed by atoms with van der Waals surface area (Å²) in [7, 11) is 0. The molecule has 26 heavy (non-hydrogen) atoms. The number of nitrogens with zero attached hydrogens (tertiary/aromatic N) is 2. The number of halogens is 2. The van der Waals surface area contributed by atoms with Crippen molar-refractivity contribution in [2.45, 2.75) is 12.5 Å². The Balaban J connectivity index is 0.00000169. The lowest BCUT2D eigenvalue weighted by molar-refractivity contribution is -0.120. The Kier molecular flexibility index (Phi) is 8.30. The Morgan fingerprint density at radius 2 is 1.81 bits per heavy atom. The molecule has 1 atom stereocenters. The van der Waals surface area contributed by atoms with Gasteiger partial charge in [0, 0.05) is 13.1 Å². The van der Waals surface area contributed by atoms with Gasteiger partial charge in [0.25, 0.3) is 0 Å². The Morgan fingerprint density at radius 1 is 1.15 bits per heavy atom. The van der Waals surface area contributed by atoms with Crippen molar-refractivity contribution < 1.29 is 9.53 Å². The molecular weight excluding hydrogens is 375 g/mol. The van der Waals surface area contributed by atoms with Crippen LogP contribution in [0.25, 0.3) is 0 Å². The molecule has 1 aromatic heterocycles. The SMILES string of the molecule is CC(N)(C(=O)Nc1ccc(N2CCOCC2)nc1)c1ccccc1.Cl.Cl. The number of pyridine rings is 1. The fraction of sp³-hybridized carbons (Fsp3) is 0.333. The van der Waals surface area contributed by atoms with Crippen LogP contribution in [0.4, 0.5) is 11.5 Å². The zero-order chi connectivity index (χ0) is 17.0. The van der Waals surface area contributed by atoms with E-state index < -0.39 is 5.54 Å². The van der Waals surface area contributed by atoms with Crippen LogP contribution in [0.15, 0.2) is 48.7 Å². The van der Waals surface area contributed by atoms with Gasteiger partial charge in [-0.25, -0.2) is 4.98 Å². The average Bonchev–Trinajstić information content (AvgIpc) is 2.64. The summed E-state index contributed by atoms with van der Waals surface area (Å²) in [6.45, 7) is 4.78. The topological polar surface area (TPSA) is 80.5 Å². The molecule has 3 N–H and O–H groups in total. The van der Waals surface area contributed by atoms with Crippen molar-refractivity contribution in [3.63, 3.8) is 0 Å². The van der Waals surface area contributed by atoms with Crippen molar-refractivity contribution in [2.24, 2.45) is 5.73 Å². The number of amides is 1. The molecule has 0 saturated carbocycles. The van der Waals surface area contributed by atoms with Gasteiger partial charge in [-0.2, -0.15) is 0 Å². The second kappa shape index (κ2) is 9.73. The van der Waals surface area contributed by atoms with Crippen LogP contribution in [0.5, 0.6) is 0 Å². The first-order chi connectivity index (χ1) is 11.6. The van der Waals surface area contributed by atoms with E-state index in [1.165, 1.54) is 0 Å². The third-order valence-electron chi connectivity index (χ3n) is 4.19. The molecule has 1 saturated heterocycles. The molecule has 1 amide bonds. The first-order valence-corrected chi connectivity index (χ1v) is 8.02. The van der Waals surface area contributed by atoms with Gasteiger partial charge in [-0.15, -0.1) is 24.8 Å². The minimum absolute atomic E-state index is 0. The van der Waals surface area contributed by atoms with E-state index in [0.717, 1.165) is 24.5 Å². The highest BCUT2D eigenvalue weighted by molar-refractivity contribution is 5.98. The highest BCUT2D eigenvalue weighted by Gasteiger charge is 2.30. The molecule has 2 aromatic rings. The standard InChI is InChI=1S/C18H22N4O2.2ClH/c1-18(19,14-5-3-2-4-6-14)17(23)21-15-7-8-16(20-13-15)22-9-11-24-12-10-22;;/h2-8,13H,9-12,19H2,1H3,(H,21,23);2*1H.